The molecule has 0 saturated carbocycles. The van der Waals surface area contributed by atoms with Gasteiger partial charge in [0.15, 0.2) is 0 Å². The van der Waals surface area contributed by atoms with Gasteiger partial charge in [-0.3, -0.25) is 9.59 Å². The zero-order valence-corrected chi connectivity index (χ0v) is 16.8. The second-order valence-corrected chi connectivity index (χ2v) is 6.26. The summed E-state index contributed by atoms with van der Waals surface area (Å²) in [7, 11) is 1.32. The number of hydrogen-bond acceptors (Lipinski definition) is 5. The van der Waals surface area contributed by atoms with Crippen molar-refractivity contribution >= 4 is 23.5 Å². The summed E-state index contributed by atoms with van der Waals surface area (Å²) >= 11 is 0. The Morgan fingerprint density at radius 2 is 1.90 bits per heavy atom. The summed E-state index contributed by atoms with van der Waals surface area (Å²) in [6.45, 7) is 7.91. The maximum atomic E-state index is 12.8. The summed E-state index contributed by atoms with van der Waals surface area (Å²) in [6, 6.07) is 10.4. The van der Waals surface area contributed by atoms with Gasteiger partial charge in [-0.1, -0.05) is 38.6 Å². The molecular formula is C22H25N3O4. The zero-order valence-electron chi connectivity index (χ0n) is 16.8. The van der Waals surface area contributed by atoms with Gasteiger partial charge in [0.05, 0.1) is 24.8 Å². The molecule has 1 aliphatic heterocycles. The molecule has 1 aliphatic rings. The Hall–Kier alpha value is -3.61. The van der Waals surface area contributed by atoms with Crippen LogP contribution in [0.25, 0.3) is 11.1 Å². The number of primary amides is 1. The minimum absolute atomic E-state index is 0.0317. The van der Waals surface area contributed by atoms with Crippen LogP contribution in [0.1, 0.15) is 40.1 Å². The van der Waals surface area contributed by atoms with E-state index in [1.807, 2.05) is 26.0 Å². The van der Waals surface area contributed by atoms with Crippen molar-refractivity contribution in [1.82, 2.24) is 4.90 Å². The minimum atomic E-state index is -0.655. The lowest BCUT2D eigenvalue weighted by Crippen LogP contribution is -2.30. The molecule has 0 unspecified atom stereocenters. The number of nitrogens with two attached hydrogens (primary N) is 2. The Morgan fingerprint density at radius 1 is 1.21 bits per heavy atom. The van der Waals surface area contributed by atoms with Crippen LogP contribution >= 0.6 is 0 Å². The van der Waals surface area contributed by atoms with Crippen LogP contribution in [0.3, 0.4) is 0 Å². The maximum Gasteiger partial charge on any atom is 0.337 e. The van der Waals surface area contributed by atoms with Crippen LogP contribution in [0.5, 0.6) is 0 Å². The molecule has 0 fully saturated rings. The van der Waals surface area contributed by atoms with Gasteiger partial charge in [0.2, 0.25) is 5.91 Å². The number of benzene rings is 2. The highest BCUT2D eigenvalue weighted by atomic mass is 16.5. The van der Waals surface area contributed by atoms with Gasteiger partial charge >= 0.3 is 5.97 Å². The van der Waals surface area contributed by atoms with Crippen LogP contribution in [-0.4, -0.2) is 36.3 Å². The lowest BCUT2D eigenvalue weighted by molar-refractivity contribution is -0.114. The number of hydrogen-bond donors (Lipinski definition) is 2. The van der Waals surface area contributed by atoms with E-state index >= 15 is 0 Å². The van der Waals surface area contributed by atoms with Crippen LogP contribution in [0, 0.1) is 0 Å². The summed E-state index contributed by atoms with van der Waals surface area (Å²) in [5, 5.41) is 0. The van der Waals surface area contributed by atoms with E-state index in [4.69, 9.17) is 16.2 Å². The van der Waals surface area contributed by atoms with Crippen molar-refractivity contribution in [3.05, 3.63) is 65.2 Å². The number of methoxy groups -OCH3 is 1. The van der Waals surface area contributed by atoms with Gasteiger partial charge in [0.1, 0.15) is 0 Å². The molecule has 7 heteroatoms. The molecule has 0 radical (unpaired) electrons. The molecular weight excluding hydrogens is 370 g/mol. The van der Waals surface area contributed by atoms with Gasteiger partial charge in [0.25, 0.3) is 5.91 Å². The predicted molar refractivity (Wildman–Crippen MR) is 112 cm³/mol. The number of carbonyl (C=O) groups is 3. The van der Waals surface area contributed by atoms with Crippen LogP contribution in [0.2, 0.25) is 0 Å². The molecule has 0 spiro atoms. The summed E-state index contributed by atoms with van der Waals surface area (Å²) in [4.78, 5) is 37.3. The van der Waals surface area contributed by atoms with Gasteiger partial charge < -0.3 is 21.1 Å². The van der Waals surface area contributed by atoms with E-state index in [0.29, 0.717) is 16.8 Å². The fraction of sp³-hybridized carbons (Fsp3) is 0.227. The first-order valence-electron chi connectivity index (χ1n) is 9.20. The van der Waals surface area contributed by atoms with E-state index in [1.165, 1.54) is 12.0 Å². The first kappa shape index (κ1) is 21.7. The van der Waals surface area contributed by atoms with E-state index in [0.717, 1.165) is 16.7 Å². The summed E-state index contributed by atoms with van der Waals surface area (Å²) in [6.07, 6.45) is 0. The maximum absolute atomic E-state index is 12.8. The molecule has 3 rings (SSSR count). The minimum Gasteiger partial charge on any atom is -0.465 e. The Balaban J connectivity index is 0.00000145. The molecule has 0 bridgehead atoms. The van der Waals surface area contributed by atoms with E-state index in [2.05, 4.69) is 6.58 Å². The topological polar surface area (TPSA) is 116 Å². The number of esters is 1. The average molecular weight is 395 g/mol. The lowest BCUT2D eigenvalue weighted by atomic mass is 9.95. The number of anilines is 1. The van der Waals surface area contributed by atoms with Crippen molar-refractivity contribution in [2.75, 3.05) is 19.4 Å². The third kappa shape index (κ3) is 4.29. The molecule has 2 aromatic carbocycles. The molecule has 2 amide bonds. The van der Waals surface area contributed by atoms with Crippen LogP contribution in [-0.2, 0) is 16.1 Å². The normalized spacial score (nSPS) is 12.0. The van der Waals surface area contributed by atoms with Crippen molar-refractivity contribution in [1.29, 1.82) is 0 Å². The molecule has 2 aromatic rings. The van der Waals surface area contributed by atoms with E-state index in [9.17, 15) is 14.4 Å². The average Bonchev–Trinajstić information content (AvgIpc) is 3.06. The molecule has 4 N–H and O–H groups in total. The molecule has 7 nitrogen and oxygen atoms in total. The lowest BCUT2D eigenvalue weighted by Gasteiger charge is -2.15. The van der Waals surface area contributed by atoms with Gasteiger partial charge in [-0.25, -0.2) is 4.79 Å². The van der Waals surface area contributed by atoms with Gasteiger partial charge in [-0.05, 0) is 34.9 Å². The number of ether oxygens (including phenoxy) is 1. The van der Waals surface area contributed by atoms with Crippen LogP contribution in [0.15, 0.2) is 48.6 Å². The molecule has 1 heterocycles. The van der Waals surface area contributed by atoms with E-state index < -0.39 is 11.9 Å². The first-order chi connectivity index (χ1) is 13.8. The first-order valence-corrected chi connectivity index (χ1v) is 9.20. The predicted octanol–water partition coefficient (Wildman–Crippen LogP) is 2.75. The quantitative estimate of drug-likeness (QED) is 0.459. The summed E-state index contributed by atoms with van der Waals surface area (Å²) < 4.78 is 4.76. The smallest absolute Gasteiger partial charge is 0.337 e. The number of rotatable bonds is 5. The van der Waals surface area contributed by atoms with Crippen LogP contribution < -0.4 is 11.5 Å². The van der Waals surface area contributed by atoms with Crippen LogP contribution in [0.4, 0.5) is 5.69 Å². The molecule has 0 saturated heterocycles. The third-order valence-electron chi connectivity index (χ3n) is 4.52. The Labute approximate surface area is 169 Å². The number of carbonyl (C=O) groups excluding carboxylic acids is 3. The largest absolute Gasteiger partial charge is 0.465 e. The monoisotopic (exact) mass is 395 g/mol. The standard InChI is InChI=1S/C20H19N3O4.C2H6/c1-11(18(22)24)9-23-10-15-14(6-7-16(21)17(15)19(23)25)12-4-3-5-13(8-12)20(26)27-2;1-2/h3-8H,1,9-10,21H2,2H3,(H2,22,24);1-2H3. The number of nitrogens with zero attached hydrogens (tertiary/aromatic N) is 1. The molecule has 152 valence electrons. The summed E-state index contributed by atoms with van der Waals surface area (Å²) in [5.74, 6) is -1.38. The van der Waals surface area contributed by atoms with Crippen molar-refractivity contribution in [2.45, 2.75) is 20.4 Å². The Bertz CT molecular complexity index is 982. The highest BCUT2D eigenvalue weighted by Crippen LogP contribution is 2.36. The highest BCUT2D eigenvalue weighted by Gasteiger charge is 2.32. The molecule has 0 aromatic heterocycles. The number of fused-ring (bicyclic) bond motifs is 1. The Kier molecular flexibility index (Phi) is 6.77. The summed E-state index contributed by atoms with van der Waals surface area (Å²) in [5.41, 5.74) is 14.8. The van der Waals surface area contributed by atoms with E-state index in [1.54, 1.807) is 24.3 Å². The second kappa shape index (κ2) is 9.05. The Morgan fingerprint density at radius 3 is 2.52 bits per heavy atom. The van der Waals surface area contributed by atoms with Gasteiger partial charge in [0, 0.05) is 17.8 Å². The fourth-order valence-corrected chi connectivity index (χ4v) is 3.14. The van der Waals surface area contributed by atoms with Crippen molar-refractivity contribution in [3.8, 4) is 11.1 Å². The molecule has 0 atom stereocenters. The van der Waals surface area contributed by atoms with Gasteiger partial charge in [-0.15, -0.1) is 0 Å². The van der Waals surface area contributed by atoms with Crippen molar-refractivity contribution in [2.24, 2.45) is 5.73 Å². The molecule has 29 heavy (non-hydrogen) atoms. The third-order valence-corrected chi connectivity index (χ3v) is 4.52. The fourth-order valence-electron chi connectivity index (χ4n) is 3.14. The van der Waals surface area contributed by atoms with E-state index in [-0.39, 0.29) is 24.6 Å². The highest BCUT2D eigenvalue weighted by molar-refractivity contribution is 6.06. The SMILES string of the molecule is C=C(CN1Cc2c(-c3cccc(C(=O)OC)c3)ccc(N)c2C1=O)C(N)=O.CC. The molecule has 0 aliphatic carbocycles. The number of nitrogen functional groups attached to an aromatic ring is 1. The van der Waals surface area contributed by atoms with Gasteiger partial charge in [-0.2, -0.15) is 0 Å². The van der Waals surface area contributed by atoms with Crippen molar-refractivity contribution < 1.29 is 19.1 Å². The second-order valence-electron chi connectivity index (χ2n) is 6.26. The zero-order chi connectivity index (χ0) is 21.7. The number of amides is 2. The van der Waals surface area contributed by atoms with Crippen molar-refractivity contribution in [3.63, 3.8) is 0 Å².